The van der Waals surface area contributed by atoms with Crippen molar-refractivity contribution in [1.29, 1.82) is 0 Å². The Bertz CT molecular complexity index is 397. The van der Waals surface area contributed by atoms with Crippen molar-refractivity contribution in [3.63, 3.8) is 0 Å². The third-order valence-corrected chi connectivity index (χ3v) is 4.14. The molecule has 0 saturated heterocycles. The van der Waals surface area contributed by atoms with Crippen LogP contribution in [-0.4, -0.2) is 15.6 Å². The van der Waals surface area contributed by atoms with Crippen LogP contribution in [0.4, 0.5) is 0 Å². The maximum Gasteiger partial charge on any atom is 0.183 e. The molecule has 0 N–H and O–H groups in total. The Labute approximate surface area is 110 Å². The van der Waals surface area contributed by atoms with Gasteiger partial charge in [0.25, 0.3) is 0 Å². The molecule has 18 heavy (non-hydrogen) atoms. The Balaban J connectivity index is 2.08. The Morgan fingerprint density at radius 1 is 1.44 bits per heavy atom. The molecule has 100 valence electrons. The largest absolute Gasteiger partial charge is 0.292 e. The lowest BCUT2D eigenvalue weighted by Crippen LogP contribution is -2.25. The van der Waals surface area contributed by atoms with Crippen molar-refractivity contribution >= 4 is 5.78 Å². The highest BCUT2D eigenvalue weighted by Gasteiger charge is 2.28. The number of nitrogens with zero attached hydrogens (tertiary/aromatic N) is 2. The van der Waals surface area contributed by atoms with E-state index in [1.54, 1.807) is 6.20 Å². The van der Waals surface area contributed by atoms with Gasteiger partial charge in [0.1, 0.15) is 5.69 Å². The fourth-order valence-electron chi connectivity index (χ4n) is 3.04. The van der Waals surface area contributed by atoms with E-state index >= 15 is 0 Å². The van der Waals surface area contributed by atoms with Crippen molar-refractivity contribution in [2.45, 2.75) is 58.9 Å². The van der Waals surface area contributed by atoms with Gasteiger partial charge >= 0.3 is 0 Å². The molecule has 1 aliphatic rings. The van der Waals surface area contributed by atoms with E-state index < -0.39 is 0 Å². The summed E-state index contributed by atoms with van der Waals surface area (Å²) in [5, 5.41) is 4.26. The zero-order valence-electron chi connectivity index (χ0n) is 11.6. The van der Waals surface area contributed by atoms with Crippen molar-refractivity contribution in [2.24, 2.45) is 11.8 Å². The van der Waals surface area contributed by atoms with Gasteiger partial charge in [0.2, 0.25) is 0 Å². The Hall–Kier alpha value is -1.12. The molecular formula is C15H24N2O. The first-order valence-electron chi connectivity index (χ1n) is 7.32. The third kappa shape index (κ3) is 2.82. The van der Waals surface area contributed by atoms with Crippen molar-refractivity contribution in [1.82, 2.24) is 9.78 Å². The minimum atomic E-state index is 0.232. The third-order valence-electron chi connectivity index (χ3n) is 4.14. The summed E-state index contributed by atoms with van der Waals surface area (Å²) in [4.78, 5) is 12.6. The highest BCUT2D eigenvalue weighted by Crippen LogP contribution is 2.32. The zero-order chi connectivity index (χ0) is 13.0. The van der Waals surface area contributed by atoms with Gasteiger partial charge in [-0.05, 0) is 31.2 Å². The summed E-state index contributed by atoms with van der Waals surface area (Å²) in [5.41, 5.74) is 0.818. The number of carbonyl (C=O) groups is 1. The number of Topliss-reactive ketones (excluding diaryl/α,β-unsaturated/α-hetero) is 1. The molecule has 2 atom stereocenters. The smallest absolute Gasteiger partial charge is 0.183 e. The van der Waals surface area contributed by atoms with E-state index in [4.69, 9.17) is 0 Å². The molecule has 0 bridgehead atoms. The molecule has 1 saturated carbocycles. The second-order valence-electron chi connectivity index (χ2n) is 5.44. The molecule has 3 nitrogen and oxygen atoms in total. The van der Waals surface area contributed by atoms with Gasteiger partial charge in [0.15, 0.2) is 5.78 Å². The van der Waals surface area contributed by atoms with Crippen LogP contribution >= 0.6 is 0 Å². The first-order chi connectivity index (χ1) is 8.76. The lowest BCUT2D eigenvalue weighted by atomic mass is 9.78. The maximum atomic E-state index is 12.6. The van der Waals surface area contributed by atoms with E-state index in [0.29, 0.717) is 5.78 Å². The molecule has 0 spiro atoms. The number of rotatable bonds is 5. The number of hydrogen-bond donors (Lipinski definition) is 0. The van der Waals surface area contributed by atoms with Gasteiger partial charge in [0, 0.05) is 18.7 Å². The van der Waals surface area contributed by atoms with Gasteiger partial charge in [-0.1, -0.05) is 33.1 Å². The minimum absolute atomic E-state index is 0.232. The van der Waals surface area contributed by atoms with Gasteiger partial charge in [-0.2, -0.15) is 5.10 Å². The summed E-state index contributed by atoms with van der Waals surface area (Å²) in [5.74, 6) is 1.30. The summed E-state index contributed by atoms with van der Waals surface area (Å²) in [6, 6.07) is 1.88. The lowest BCUT2D eigenvalue weighted by molar-refractivity contribution is 0.0850. The van der Waals surface area contributed by atoms with Crippen molar-refractivity contribution < 1.29 is 4.79 Å². The van der Waals surface area contributed by atoms with E-state index in [1.165, 1.54) is 19.3 Å². The highest BCUT2D eigenvalue weighted by atomic mass is 16.1. The number of hydrogen-bond acceptors (Lipinski definition) is 2. The molecular weight excluding hydrogens is 224 g/mol. The van der Waals surface area contributed by atoms with Crippen LogP contribution in [-0.2, 0) is 6.54 Å². The monoisotopic (exact) mass is 248 g/mol. The Kier molecular flexibility index (Phi) is 4.56. The number of aromatic nitrogens is 2. The van der Waals surface area contributed by atoms with Crippen LogP contribution in [0.15, 0.2) is 12.3 Å². The standard InChI is InChI=1S/C15H24N2O/c1-3-10-17-14(8-9-16-17)15(18)13-7-5-6-12(4-2)11-13/h8-9,12-13H,3-7,10-11H2,1-2H3. The summed E-state index contributed by atoms with van der Waals surface area (Å²) >= 11 is 0. The summed E-state index contributed by atoms with van der Waals surface area (Å²) < 4.78 is 1.87. The number of aryl methyl sites for hydroxylation is 1. The first kappa shape index (κ1) is 13.3. The molecule has 3 heteroatoms. The number of ketones is 1. The van der Waals surface area contributed by atoms with Crippen LogP contribution in [0.2, 0.25) is 0 Å². The van der Waals surface area contributed by atoms with Gasteiger partial charge < -0.3 is 0 Å². The second-order valence-corrected chi connectivity index (χ2v) is 5.44. The van der Waals surface area contributed by atoms with Crippen molar-refractivity contribution in [3.8, 4) is 0 Å². The van der Waals surface area contributed by atoms with Crippen molar-refractivity contribution in [3.05, 3.63) is 18.0 Å². The molecule has 2 rings (SSSR count). The summed E-state index contributed by atoms with van der Waals surface area (Å²) in [6.07, 6.45) is 8.62. The van der Waals surface area contributed by atoms with Gasteiger partial charge in [-0.25, -0.2) is 0 Å². The molecule has 1 aliphatic carbocycles. The van der Waals surface area contributed by atoms with Gasteiger partial charge in [-0.15, -0.1) is 0 Å². The average molecular weight is 248 g/mol. The predicted octanol–water partition coefficient (Wildman–Crippen LogP) is 3.69. The Morgan fingerprint density at radius 3 is 3.00 bits per heavy atom. The predicted molar refractivity (Wildman–Crippen MR) is 72.6 cm³/mol. The molecule has 0 radical (unpaired) electrons. The molecule has 1 fully saturated rings. The van der Waals surface area contributed by atoms with Crippen LogP contribution in [0.5, 0.6) is 0 Å². The van der Waals surface area contributed by atoms with Crippen LogP contribution < -0.4 is 0 Å². The number of carbonyl (C=O) groups excluding carboxylic acids is 1. The quantitative estimate of drug-likeness (QED) is 0.745. The summed E-state index contributed by atoms with van der Waals surface area (Å²) in [6.45, 7) is 5.19. The SMILES string of the molecule is CCCn1nccc1C(=O)C1CCCC(CC)C1. The van der Waals surface area contributed by atoms with E-state index in [2.05, 4.69) is 18.9 Å². The summed E-state index contributed by atoms with van der Waals surface area (Å²) in [7, 11) is 0. The molecule has 1 heterocycles. The first-order valence-corrected chi connectivity index (χ1v) is 7.32. The zero-order valence-corrected chi connectivity index (χ0v) is 11.6. The molecule has 1 aromatic heterocycles. The molecule has 2 unspecified atom stereocenters. The lowest BCUT2D eigenvalue weighted by Gasteiger charge is -2.27. The second kappa shape index (κ2) is 6.17. The van der Waals surface area contributed by atoms with Gasteiger partial charge in [-0.3, -0.25) is 9.48 Å². The van der Waals surface area contributed by atoms with Gasteiger partial charge in [0.05, 0.1) is 0 Å². The van der Waals surface area contributed by atoms with E-state index in [1.807, 2.05) is 10.7 Å². The molecule has 0 aromatic carbocycles. The minimum Gasteiger partial charge on any atom is -0.292 e. The van der Waals surface area contributed by atoms with E-state index in [0.717, 1.165) is 37.4 Å². The van der Waals surface area contributed by atoms with Crippen LogP contribution in [0.1, 0.15) is 62.9 Å². The molecule has 0 amide bonds. The fourth-order valence-corrected chi connectivity index (χ4v) is 3.04. The topological polar surface area (TPSA) is 34.9 Å². The fraction of sp³-hybridized carbons (Fsp3) is 0.733. The van der Waals surface area contributed by atoms with E-state index in [-0.39, 0.29) is 5.92 Å². The van der Waals surface area contributed by atoms with Crippen LogP contribution in [0, 0.1) is 11.8 Å². The molecule has 1 aromatic rings. The highest BCUT2D eigenvalue weighted by molar-refractivity contribution is 5.96. The normalized spacial score (nSPS) is 24.1. The van der Waals surface area contributed by atoms with Crippen molar-refractivity contribution in [2.75, 3.05) is 0 Å². The maximum absolute atomic E-state index is 12.6. The van der Waals surface area contributed by atoms with Crippen LogP contribution in [0.3, 0.4) is 0 Å². The van der Waals surface area contributed by atoms with E-state index in [9.17, 15) is 4.79 Å². The Morgan fingerprint density at radius 2 is 2.28 bits per heavy atom. The van der Waals surface area contributed by atoms with Crippen LogP contribution in [0.25, 0.3) is 0 Å². The average Bonchev–Trinajstić information content (AvgIpc) is 2.86. The molecule has 0 aliphatic heterocycles.